The van der Waals surface area contributed by atoms with Crippen LogP contribution in [0.5, 0.6) is 0 Å². The summed E-state index contributed by atoms with van der Waals surface area (Å²) < 4.78 is 1.43. The van der Waals surface area contributed by atoms with Crippen molar-refractivity contribution in [3.05, 3.63) is 52.8 Å². The van der Waals surface area contributed by atoms with Crippen molar-refractivity contribution in [2.75, 3.05) is 0 Å². The fraction of sp³-hybridized carbons (Fsp3) is 0.214. The van der Waals surface area contributed by atoms with E-state index in [9.17, 15) is 9.59 Å². The Morgan fingerprint density at radius 1 is 1.29 bits per heavy atom. The van der Waals surface area contributed by atoms with E-state index in [1.807, 2.05) is 18.2 Å². The van der Waals surface area contributed by atoms with Gasteiger partial charge in [0, 0.05) is 17.8 Å². The van der Waals surface area contributed by atoms with E-state index >= 15 is 0 Å². The highest BCUT2D eigenvalue weighted by Crippen LogP contribution is 2.14. The molecule has 0 spiro atoms. The van der Waals surface area contributed by atoms with E-state index < -0.39 is 5.97 Å². The molecule has 0 unspecified atom stereocenters. The average molecular weight is 308 g/mol. The van der Waals surface area contributed by atoms with Gasteiger partial charge in [-0.2, -0.15) is 5.10 Å². The van der Waals surface area contributed by atoms with Gasteiger partial charge in [-0.15, -0.1) is 0 Å². The number of amides is 1. The molecule has 0 saturated heterocycles. The minimum absolute atomic E-state index is 0.0393. The lowest BCUT2D eigenvalue weighted by molar-refractivity contribution is -0.137. The van der Waals surface area contributed by atoms with Crippen LogP contribution in [0.3, 0.4) is 0 Å². The van der Waals surface area contributed by atoms with Crippen LogP contribution in [-0.2, 0) is 17.9 Å². The van der Waals surface area contributed by atoms with Gasteiger partial charge in [0.2, 0.25) is 0 Å². The number of carboxylic acids is 1. The minimum Gasteiger partial charge on any atom is -0.481 e. The standard InChI is InChI=1S/C14H14ClN3O3/c15-11-4-2-1-3-10(11)9-16-14(21)12-5-7-18(17-12)8-6-13(19)20/h1-5,7H,6,8-9H2,(H,16,21)(H,19,20). The lowest BCUT2D eigenvalue weighted by Crippen LogP contribution is -2.23. The number of halogens is 1. The second kappa shape index (κ2) is 6.90. The predicted octanol–water partition coefficient (Wildman–Crippen LogP) is 1.94. The molecular weight excluding hydrogens is 294 g/mol. The van der Waals surface area contributed by atoms with Crippen LogP contribution in [0, 0.1) is 0 Å². The largest absolute Gasteiger partial charge is 0.481 e. The summed E-state index contributed by atoms with van der Waals surface area (Å²) in [4.78, 5) is 22.4. The number of aromatic nitrogens is 2. The second-order valence-corrected chi connectivity index (χ2v) is 4.79. The number of carboxylic acid groups (broad SMARTS) is 1. The molecule has 2 rings (SSSR count). The predicted molar refractivity (Wildman–Crippen MR) is 77.1 cm³/mol. The van der Waals surface area contributed by atoms with Crippen molar-refractivity contribution in [1.29, 1.82) is 0 Å². The fourth-order valence-electron chi connectivity index (χ4n) is 1.73. The van der Waals surface area contributed by atoms with E-state index in [-0.39, 0.29) is 24.6 Å². The van der Waals surface area contributed by atoms with Gasteiger partial charge in [0.1, 0.15) is 5.69 Å². The lowest BCUT2D eigenvalue weighted by atomic mass is 10.2. The van der Waals surface area contributed by atoms with Crippen LogP contribution in [0.15, 0.2) is 36.5 Å². The Labute approximate surface area is 126 Å². The third kappa shape index (κ3) is 4.32. The Kier molecular flexibility index (Phi) is 4.94. The zero-order valence-electron chi connectivity index (χ0n) is 11.1. The van der Waals surface area contributed by atoms with Crippen LogP contribution in [0.2, 0.25) is 5.02 Å². The molecule has 0 bridgehead atoms. The molecule has 1 amide bonds. The third-order valence-electron chi connectivity index (χ3n) is 2.83. The summed E-state index contributed by atoms with van der Waals surface area (Å²) in [6.45, 7) is 0.535. The number of aryl methyl sites for hydroxylation is 1. The molecule has 2 N–H and O–H groups in total. The average Bonchev–Trinajstić information content (AvgIpc) is 2.93. The number of nitrogens with zero attached hydrogens (tertiary/aromatic N) is 2. The van der Waals surface area contributed by atoms with Crippen molar-refractivity contribution in [3.63, 3.8) is 0 Å². The number of benzene rings is 1. The smallest absolute Gasteiger partial charge is 0.305 e. The molecule has 6 nitrogen and oxygen atoms in total. The zero-order chi connectivity index (χ0) is 15.2. The lowest BCUT2D eigenvalue weighted by Gasteiger charge is -2.05. The monoisotopic (exact) mass is 307 g/mol. The molecule has 7 heteroatoms. The van der Waals surface area contributed by atoms with Crippen LogP contribution >= 0.6 is 11.6 Å². The molecule has 0 atom stereocenters. The maximum absolute atomic E-state index is 11.9. The minimum atomic E-state index is -0.907. The number of carbonyl (C=O) groups excluding carboxylic acids is 1. The summed E-state index contributed by atoms with van der Waals surface area (Å²) in [6, 6.07) is 8.79. The summed E-state index contributed by atoms with van der Waals surface area (Å²) in [5, 5.41) is 15.9. The molecule has 1 heterocycles. The Bertz CT molecular complexity index is 654. The van der Waals surface area contributed by atoms with E-state index in [4.69, 9.17) is 16.7 Å². The van der Waals surface area contributed by atoms with Gasteiger partial charge < -0.3 is 10.4 Å². The number of hydrogen-bond donors (Lipinski definition) is 2. The van der Waals surface area contributed by atoms with E-state index in [0.717, 1.165) is 5.56 Å². The van der Waals surface area contributed by atoms with Gasteiger partial charge in [-0.25, -0.2) is 0 Å². The molecule has 2 aromatic rings. The number of aliphatic carboxylic acids is 1. The molecule has 0 fully saturated rings. The number of carbonyl (C=O) groups is 2. The van der Waals surface area contributed by atoms with Crippen LogP contribution < -0.4 is 5.32 Å². The van der Waals surface area contributed by atoms with Crippen molar-refractivity contribution < 1.29 is 14.7 Å². The van der Waals surface area contributed by atoms with Gasteiger partial charge in [-0.3, -0.25) is 14.3 Å². The quantitative estimate of drug-likeness (QED) is 0.854. The maximum atomic E-state index is 11.9. The van der Waals surface area contributed by atoms with Gasteiger partial charge in [0.05, 0.1) is 13.0 Å². The molecule has 0 aliphatic rings. The zero-order valence-corrected chi connectivity index (χ0v) is 11.9. The maximum Gasteiger partial charge on any atom is 0.305 e. The molecule has 0 saturated carbocycles. The topological polar surface area (TPSA) is 84.2 Å². The van der Waals surface area contributed by atoms with Crippen molar-refractivity contribution in [1.82, 2.24) is 15.1 Å². The molecule has 0 radical (unpaired) electrons. The first kappa shape index (κ1) is 15.1. The molecule has 0 aliphatic carbocycles. The molecule has 1 aromatic heterocycles. The van der Waals surface area contributed by atoms with E-state index in [2.05, 4.69) is 10.4 Å². The highest BCUT2D eigenvalue weighted by molar-refractivity contribution is 6.31. The Hall–Kier alpha value is -2.34. The fourth-order valence-corrected chi connectivity index (χ4v) is 1.93. The van der Waals surface area contributed by atoms with Crippen molar-refractivity contribution >= 4 is 23.5 Å². The molecule has 1 aromatic carbocycles. The van der Waals surface area contributed by atoms with E-state index in [1.165, 1.54) is 4.68 Å². The van der Waals surface area contributed by atoms with Crippen molar-refractivity contribution in [2.45, 2.75) is 19.5 Å². The van der Waals surface area contributed by atoms with Crippen LogP contribution in [0.1, 0.15) is 22.5 Å². The van der Waals surface area contributed by atoms with E-state index in [0.29, 0.717) is 11.6 Å². The number of hydrogen-bond acceptors (Lipinski definition) is 3. The SMILES string of the molecule is O=C(O)CCn1ccc(C(=O)NCc2ccccc2Cl)n1. The van der Waals surface area contributed by atoms with Gasteiger partial charge in [-0.1, -0.05) is 29.8 Å². The van der Waals surface area contributed by atoms with Gasteiger partial charge in [0.25, 0.3) is 5.91 Å². The first-order valence-corrected chi connectivity index (χ1v) is 6.71. The molecule has 0 aliphatic heterocycles. The molecule has 110 valence electrons. The Morgan fingerprint density at radius 3 is 2.76 bits per heavy atom. The summed E-state index contributed by atoms with van der Waals surface area (Å²) in [5.74, 6) is -1.24. The highest BCUT2D eigenvalue weighted by Gasteiger charge is 2.10. The highest BCUT2D eigenvalue weighted by atomic mass is 35.5. The van der Waals surface area contributed by atoms with Crippen molar-refractivity contribution in [2.24, 2.45) is 0 Å². The van der Waals surface area contributed by atoms with Crippen LogP contribution in [0.25, 0.3) is 0 Å². The Morgan fingerprint density at radius 2 is 2.05 bits per heavy atom. The van der Waals surface area contributed by atoms with Crippen molar-refractivity contribution in [3.8, 4) is 0 Å². The molecular formula is C14H14ClN3O3. The first-order valence-electron chi connectivity index (χ1n) is 6.33. The number of nitrogens with one attached hydrogen (secondary N) is 1. The van der Waals surface area contributed by atoms with E-state index in [1.54, 1.807) is 18.3 Å². The van der Waals surface area contributed by atoms with Crippen LogP contribution in [-0.4, -0.2) is 26.8 Å². The number of rotatable bonds is 6. The van der Waals surface area contributed by atoms with Gasteiger partial charge >= 0.3 is 5.97 Å². The second-order valence-electron chi connectivity index (χ2n) is 4.38. The summed E-state index contributed by atoms with van der Waals surface area (Å²) >= 11 is 6.00. The first-order chi connectivity index (χ1) is 10.1. The summed E-state index contributed by atoms with van der Waals surface area (Å²) in [5.41, 5.74) is 1.06. The summed E-state index contributed by atoms with van der Waals surface area (Å²) in [7, 11) is 0. The summed E-state index contributed by atoms with van der Waals surface area (Å²) in [6.07, 6.45) is 1.54. The third-order valence-corrected chi connectivity index (χ3v) is 3.19. The molecule has 21 heavy (non-hydrogen) atoms. The van der Waals surface area contributed by atoms with Gasteiger partial charge in [0.15, 0.2) is 0 Å². The van der Waals surface area contributed by atoms with Crippen LogP contribution in [0.4, 0.5) is 0 Å². The normalized spacial score (nSPS) is 10.3. The van der Waals surface area contributed by atoms with Gasteiger partial charge in [-0.05, 0) is 17.7 Å². The Balaban J connectivity index is 1.92.